The Bertz CT molecular complexity index is 391. The van der Waals surface area contributed by atoms with Gasteiger partial charge in [-0.15, -0.1) is 0 Å². The van der Waals surface area contributed by atoms with Crippen LogP contribution in [0, 0.1) is 0 Å². The average Bonchev–Trinajstić information content (AvgIpc) is 2.22. The molecule has 0 spiro atoms. The van der Waals surface area contributed by atoms with Gasteiger partial charge in [0.05, 0.1) is 13.1 Å². The van der Waals surface area contributed by atoms with E-state index in [0.717, 1.165) is 10.2 Å². The first-order valence-electron chi connectivity index (χ1n) is 5.08. The van der Waals surface area contributed by atoms with Gasteiger partial charge in [-0.05, 0) is 18.2 Å². The van der Waals surface area contributed by atoms with Crippen molar-refractivity contribution in [3.8, 4) is 5.75 Å². The maximum Gasteiger partial charge on any atom is 0.317 e. The van der Waals surface area contributed by atoms with Crippen LogP contribution in [0.2, 0.25) is 0 Å². The molecule has 0 aromatic heterocycles. The van der Waals surface area contributed by atoms with Gasteiger partial charge in [0, 0.05) is 11.5 Å². The number of hydrogen-bond acceptors (Lipinski definition) is 2. The third kappa shape index (κ3) is 2.47. The molecular formula is C11H13BrN2O2. The van der Waals surface area contributed by atoms with Crippen LogP contribution in [0.3, 0.4) is 0 Å². The first kappa shape index (κ1) is 11.3. The van der Waals surface area contributed by atoms with Crippen molar-refractivity contribution in [1.82, 2.24) is 10.2 Å². The lowest BCUT2D eigenvalue weighted by Crippen LogP contribution is -2.58. The number of benzene rings is 1. The van der Waals surface area contributed by atoms with Crippen molar-refractivity contribution in [1.29, 1.82) is 0 Å². The molecule has 1 aliphatic heterocycles. The zero-order chi connectivity index (χ0) is 11.5. The summed E-state index contributed by atoms with van der Waals surface area (Å²) in [5, 5.41) is 2.58. The zero-order valence-electron chi connectivity index (χ0n) is 8.94. The summed E-state index contributed by atoms with van der Waals surface area (Å²) >= 11 is 3.38. The van der Waals surface area contributed by atoms with E-state index in [1.54, 1.807) is 11.9 Å². The topological polar surface area (TPSA) is 41.6 Å². The first-order chi connectivity index (χ1) is 7.69. The monoisotopic (exact) mass is 284 g/mol. The van der Waals surface area contributed by atoms with Gasteiger partial charge in [0.15, 0.2) is 0 Å². The molecule has 1 fully saturated rings. The third-order valence-electron chi connectivity index (χ3n) is 2.45. The molecule has 2 rings (SSSR count). The summed E-state index contributed by atoms with van der Waals surface area (Å²) in [7, 11) is 1.63. The van der Waals surface area contributed by atoms with Crippen LogP contribution in [0.15, 0.2) is 28.7 Å². The highest BCUT2D eigenvalue weighted by Gasteiger charge is 2.31. The Morgan fingerprint density at radius 1 is 1.56 bits per heavy atom. The quantitative estimate of drug-likeness (QED) is 0.901. The maximum atomic E-state index is 11.2. The molecule has 16 heavy (non-hydrogen) atoms. The molecule has 0 aliphatic carbocycles. The van der Waals surface area contributed by atoms with E-state index in [2.05, 4.69) is 21.2 Å². The van der Waals surface area contributed by atoms with Crippen molar-refractivity contribution in [2.75, 3.05) is 20.1 Å². The van der Waals surface area contributed by atoms with Crippen LogP contribution < -0.4 is 10.1 Å². The molecule has 0 unspecified atom stereocenters. The van der Waals surface area contributed by atoms with Gasteiger partial charge < -0.3 is 15.0 Å². The lowest BCUT2D eigenvalue weighted by Gasteiger charge is -2.38. The summed E-state index contributed by atoms with van der Waals surface area (Å²) < 4.78 is 6.70. The predicted octanol–water partition coefficient (Wildman–Crippen LogP) is 1.85. The van der Waals surface area contributed by atoms with Gasteiger partial charge in [0.1, 0.15) is 11.9 Å². The summed E-state index contributed by atoms with van der Waals surface area (Å²) in [4.78, 5) is 12.9. The molecule has 0 atom stereocenters. The number of nitrogens with zero attached hydrogens (tertiary/aromatic N) is 1. The van der Waals surface area contributed by atoms with Crippen molar-refractivity contribution >= 4 is 22.0 Å². The second-order valence-electron chi connectivity index (χ2n) is 3.66. The van der Waals surface area contributed by atoms with E-state index >= 15 is 0 Å². The molecule has 1 heterocycles. The van der Waals surface area contributed by atoms with Crippen LogP contribution >= 0.6 is 15.9 Å². The highest BCUT2D eigenvalue weighted by atomic mass is 79.9. The Morgan fingerprint density at radius 2 is 2.31 bits per heavy atom. The lowest BCUT2D eigenvalue weighted by molar-refractivity contribution is 0.0451. The summed E-state index contributed by atoms with van der Waals surface area (Å²) in [5.41, 5.74) is 0. The highest BCUT2D eigenvalue weighted by Crippen LogP contribution is 2.21. The van der Waals surface area contributed by atoms with E-state index in [1.807, 2.05) is 24.3 Å². The average molecular weight is 285 g/mol. The highest BCUT2D eigenvalue weighted by molar-refractivity contribution is 9.10. The summed E-state index contributed by atoms with van der Waals surface area (Å²) in [6, 6.07) is 7.66. The van der Waals surface area contributed by atoms with E-state index in [0.29, 0.717) is 13.1 Å². The number of halogens is 1. The van der Waals surface area contributed by atoms with Crippen LogP contribution in [-0.2, 0) is 0 Å². The van der Waals surface area contributed by atoms with Crippen LogP contribution in [-0.4, -0.2) is 37.2 Å². The minimum Gasteiger partial charge on any atom is -0.487 e. The molecule has 0 bridgehead atoms. The minimum absolute atomic E-state index is 0.0471. The normalized spacial score (nSPS) is 15.5. The number of nitrogens with one attached hydrogen (secondary N) is 1. The van der Waals surface area contributed by atoms with Crippen LogP contribution in [0.5, 0.6) is 5.75 Å². The number of amides is 2. The Hall–Kier alpha value is -1.23. The van der Waals surface area contributed by atoms with Crippen LogP contribution in [0.4, 0.5) is 4.79 Å². The summed E-state index contributed by atoms with van der Waals surface area (Å²) in [6.07, 6.45) is 0.103. The fraction of sp³-hybridized carbons (Fsp3) is 0.364. The fourth-order valence-electron chi connectivity index (χ4n) is 1.57. The number of urea groups is 1. The molecule has 5 heteroatoms. The number of likely N-dealkylation sites (tertiary alicyclic amines) is 1. The molecule has 1 aliphatic rings. The van der Waals surface area contributed by atoms with E-state index < -0.39 is 0 Å². The molecule has 2 amide bonds. The third-order valence-corrected chi connectivity index (χ3v) is 2.94. The Kier molecular flexibility index (Phi) is 3.33. The smallest absolute Gasteiger partial charge is 0.317 e. The summed E-state index contributed by atoms with van der Waals surface area (Å²) in [6.45, 7) is 1.29. The molecular weight excluding hydrogens is 272 g/mol. The fourth-order valence-corrected chi connectivity index (χ4v) is 1.95. The molecule has 1 aromatic rings. The van der Waals surface area contributed by atoms with E-state index in [-0.39, 0.29) is 12.1 Å². The van der Waals surface area contributed by atoms with Crippen molar-refractivity contribution in [3.05, 3.63) is 28.7 Å². The maximum absolute atomic E-state index is 11.2. The predicted molar refractivity (Wildman–Crippen MR) is 64.6 cm³/mol. The van der Waals surface area contributed by atoms with Gasteiger partial charge in [0.2, 0.25) is 0 Å². The van der Waals surface area contributed by atoms with E-state index in [1.165, 1.54) is 0 Å². The SMILES string of the molecule is CNC(=O)N1CC(Oc2cccc(Br)c2)C1. The van der Waals surface area contributed by atoms with Gasteiger partial charge >= 0.3 is 6.03 Å². The van der Waals surface area contributed by atoms with Gasteiger partial charge in [-0.1, -0.05) is 22.0 Å². The van der Waals surface area contributed by atoms with Gasteiger partial charge in [-0.2, -0.15) is 0 Å². The molecule has 0 radical (unpaired) electrons. The van der Waals surface area contributed by atoms with E-state index in [4.69, 9.17) is 4.74 Å². The minimum atomic E-state index is -0.0471. The Balaban J connectivity index is 1.84. The number of carbonyl (C=O) groups is 1. The van der Waals surface area contributed by atoms with Crippen LogP contribution in [0.25, 0.3) is 0 Å². The largest absolute Gasteiger partial charge is 0.487 e. The zero-order valence-corrected chi connectivity index (χ0v) is 10.5. The van der Waals surface area contributed by atoms with Crippen molar-refractivity contribution in [2.24, 2.45) is 0 Å². The van der Waals surface area contributed by atoms with Crippen LogP contribution in [0.1, 0.15) is 0 Å². The molecule has 4 nitrogen and oxygen atoms in total. The molecule has 1 N–H and O–H groups in total. The second kappa shape index (κ2) is 4.74. The van der Waals surface area contributed by atoms with Gasteiger partial charge in [-0.3, -0.25) is 0 Å². The van der Waals surface area contributed by atoms with Gasteiger partial charge in [0.25, 0.3) is 0 Å². The molecule has 1 saturated heterocycles. The van der Waals surface area contributed by atoms with Gasteiger partial charge in [-0.25, -0.2) is 4.79 Å². The lowest BCUT2D eigenvalue weighted by atomic mass is 10.2. The van der Waals surface area contributed by atoms with E-state index in [9.17, 15) is 4.79 Å². The Morgan fingerprint density at radius 3 is 2.94 bits per heavy atom. The summed E-state index contributed by atoms with van der Waals surface area (Å²) in [5.74, 6) is 0.830. The standard InChI is InChI=1S/C11H13BrN2O2/c1-13-11(15)14-6-10(7-14)16-9-4-2-3-8(12)5-9/h2-5,10H,6-7H2,1H3,(H,13,15). The molecule has 1 aromatic carbocycles. The van der Waals surface area contributed by atoms with Crippen molar-refractivity contribution in [3.63, 3.8) is 0 Å². The number of hydrogen-bond donors (Lipinski definition) is 1. The first-order valence-corrected chi connectivity index (χ1v) is 5.87. The number of ether oxygens (including phenoxy) is 1. The number of rotatable bonds is 2. The second-order valence-corrected chi connectivity index (χ2v) is 4.57. The van der Waals surface area contributed by atoms with Crippen molar-refractivity contribution < 1.29 is 9.53 Å². The molecule has 0 saturated carbocycles. The number of carbonyl (C=O) groups excluding carboxylic acids is 1. The Labute approximate surface area is 103 Å². The van der Waals surface area contributed by atoms with Crippen molar-refractivity contribution in [2.45, 2.75) is 6.10 Å². The molecule has 86 valence electrons.